The second-order valence-electron chi connectivity index (χ2n) is 6.90. The number of hydrogen-bond acceptors (Lipinski definition) is 1. The van der Waals surface area contributed by atoms with Crippen molar-refractivity contribution in [3.63, 3.8) is 0 Å². The van der Waals surface area contributed by atoms with Crippen LogP contribution in [0.2, 0.25) is 0 Å². The van der Waals surface area contributed by atoms with Crippen molar-refractivity contribution in [2.45, 2.75) is 5.41 Å². The van der Waals surface area contributed by atoms with Crippen LogP contribution < -0.4 is 0 Å². The molecule has 1 atom stereocenters. The van der Waals surface area contributed by atoms with Crippen molar-refractivity contribution in [3.05, 3.63) is 112 Å². The van der Waals surface area contributed by atoms with Crippen LogP contribution in [-0.4, -0.2) is 4.98 Å². The molecular formula is C24H14BrN. The first-order chi connectivity index (χ1) is 12.8. The van der Waals surface area contributed by atoms with E-state index in [1.807, 2.05) is 12.3 Å². The van der Waals surface area contributed by atoms with E-state index in [1.54, 1.807) is 0 Å². The number of aromatic nitrogens is 1. The van der Waals surface area contributed by atoms with Crippen molar-refractivity contribution in [2.75, 3.05) is 0 Å². The molecule has 2 heteroatoms. The summed E-state index contributed by atoms with van der Waals surface area (Å²) in [6.07, 6.45) is 1.92. The Bertz CT molecular complexity index is 1160. The molecule has 0 amide bonds. The van der Waals surface area contributed by atoms with Crippen molar-refractivity contribution in [2.24, 2.45) is 0 Å². The van der Waals surface area contributed by atoms with E-state index in [1.165, 1.54) is 38.9 Å². The molecule has 4 aromatic rings. The van der Waals surface area contributed by atoms with E-state index in [0.29, 0.717) is 0 Å². The Morgan fingerprint density at radius 2 is 1.27 bits per heavy atom. The minimum atomic E-state index is -0.330. The first kappa shape index (κ1) is 14.5. The fourth-order valence-electron chi connectivity index (χ4n) is 4.92. The van der Waals surface area contributed by atoms with Crippen molar-refractivity contribution in [1.29, 1.82) is 0 Å². The summed E-state index contributed by atoms with van der Waals surface area (Å²) in [6, 6.07) is 28.3. The van der Waals surface area contributed by atoms with Crippen LogP contribution in [0.1, 0.15) is 22.4 Å². The molecule has 0 aliphatic heterocycles. The third-order valence-corrected chi connectivity index (χ3v) is 6.46. The Morgan fingerprint density at radius 3 is 2.12 bits per heavy atom. The predicted octanol–water partition coefficient (Wildman–Crippen LogP) is 6.19. The number of hydrogen-bond donors (Lipinski definition) is 0. The van der Waals surface area contributed by atoms with E-state index < -0.39 is 0 Å². The van der Waals surface area contributed by atoms with Crippen molar-refractivity contribution in [1.82, 2.24) is 4.98 Å². The Kier molecular flexibility index (Phi) is 2.74. The lowest BCUT2D eigenvalue weighted by Gasteiger charge is -2.29. The maximum Gasteiger partial charge on any atom is 0.0898 e. The molecule has 2 aliphatic rings. The molecule has 26 heavy (non-hydrogen) atoms. The van der Waals surface area contributed by atoms with Crippen molar-refractivity contribution < 1.29 is 0 Å². The summed E-state index contributed by atoms with van der Waals surface area (Å²) in [5.41, 5.74) is 9.90. The third kappa shape index (κ3) is 1.51. The summed E-state index contributed by atoms with van der Waals surface area (Å²) in [4.78, 5) is 4.92. The third-order valence-electron chi connectivity index (χ3n) is 5.80. The van der Waals surface area contributed by atoms with E-state index in [-0.39, 0.29) is 5.41 Å². The molecule has 122 valence electrons. The second-order valence-corrected chi connectivity index (χ2v) is 7.76. The molecule has 0 N–H and O–H groups in total. The fraction of sp³-hybridized carbons (Fsp3) is 0.0417. The van der Waals surface area contributed by atoms with Gasteiger partial charge in [0.1, 0.15) is 0 Å². The summed E-state index contributed by atoms with van der Waals surface area (Å²) in [5.74, 6) is 0. The smallest absolute Gasteiger partial charge is 0.0898 e. The quantitative estimate of drug-likeness (QED) is 0.298. The van der Waals surface area contributed by atoms with Gasteiger partial charge in [-0.1, -0.05) is 82.7 Å². The van der Waals surface area contributed by atoms with Gasteiger partial charge in [0.25, 0.3) is 0 Å². The van der Waals surface area contributed by atoms with Crippen LogP contribution in [0.15, 0.2) is 89.5 Å². The highest BCUT2D eigenvalue weighted by Crippen LogP contribution is 2.62. The van der Waals surface area contributed by atoms with Gasteiger partial charge in [0.05, 0.1) is 11.1 Å². The average Bonchev–Trinajstić information content (AvgIpc) is 3.16. The monoisotopic (exact) mass is 395 g/mol. The lowest BCUT2D eigenvalue weighted by atomic mass is 9.72. The minimum Gasteiger partial charge on any atom is -0.259 e. The number of fused-ring (bicyclic) bond motifs is 10. The largest absolute Gasteiger partial charge is 0.259 e. The Morgan fingerprint density at radius 1 is 0.615 bits per heavy atom. The average molecular weight is 396 g/mol. The molecule has 0 fully saturated rings. The van der Waals surface area contributed by atoms with Gasteiger partial charge >= 0.3 is 0 Å². The second kappa shape index (κ2) is 4.93. The van der Waals surface area contributed by atoms with Gasteiger partial charge in [0.2, 0.25) is 0 Å². The van der Waals surface area contributed by atoms with Crippen LogP contribution in [-0.2, 0) is 5.41 Å². The van der Waals surface area contributed by atoms with Crippen molar-refractivity contribution in [3.8, 4) is 22.3 Å². The standard InChI is InChI=1S/C24H14BrN/c25-21-13-5-12-20-22(21)17-8-2-4-11-19(17)24(20)18-10-3-1-7-15(18)16-9-6-14-26-23(16)24/h1-14H. The molecule has 6 rings (SSSR count). The highest BCUT2D eigenvalue weighted by Gasteiger charge is 2.52. The van der Waals surface area contributed by atoms with Gasteiger partial charge < -0.3 is 0 Å². The van der Waals surface area contributed by atoms with Gasteiger partial charge in [-0.25, -0.2) is 0 Å². The van der Waals surface area contributed by atoms with E-state index in [9.17, 15) is 0 Å². The van der Waals surface area contributed by atoms with Gasteiger partial charge in [0, 0.05) is 21.8 Å². The summed E-state index contributed by atoms with van der Waals surface area (Å²) in [6.45, 7) is 0. The number of pyridine rings is 1. The Hall–Kier alpha value is -2.71. The molecule has 1 unspecified atom stereocenters. The molecular weight excluding hydrogens is 382 g/mol. The minimum absolute atomic E-state index is 0.330. The van der Waals surface area contributed by atoms with Gasteiger partial charge in [-0.15, -0.1) is 0 Å². The Labute approximate surface area is 160 Å². The summed E-state index contributed by atoms with van der Waals surface area (Å²) >= 11 is 3.81. The molecule has 3 aromatic carbocycles. The lowest BCUT2D eigenvalue weighted by Crippen LogP contribution is -2.26. The molecule has 1 spiro atoms. The van der Waals surface area contributed by atoms with Gasteiger partial charge in [-0.05, 0) is 39.9 Å². The Balaban J connectivity index is 1.89. The van der Waals surface area contributed by atoms with Crippen LogP contribution in [0.25, 0.3) is 22.3 Å². The van der Waals surface area contributed by atoms with Crippen LogP contribution in [0.3, 0.4) is 0 Å². The van der Waals surface area contributed by atoms with E-state index in [2.05, 4.69) is 88.7 Å². The zero-order valence-electron chi connectivity index (χ0n) is 13.9. The molecule has 1 nitrogen and oxygen atoms in total. The highest BCUT2D eigenvalue weighted by molar-refractivity contribution is 9.10. The zero-order chi connectivity index (χ0) is 17.3. The van der Waals surface area contributed by atoms with E-state index in [4.69, 9.17) is 4.98 Å². The van der Waals surface area contributed by atoms with Gasteiger partial charge in [-0.3, -0.25) is 4.98 Å². The molecule has 0 radical (unpaired) electrons. The summed E-state index contributed by atoms with van der Waals surface area (Å²) < 4.78 is 1.14. The molecule has 0 bridgehead atoms. The van der Waals surface area contributed by atoms with E-state index >= 15 is 0 Å². The molecule has 0 saturated carbocycles. The van der Waals surface area contributed by atoms with Crippen molar-refractivity contribution >= 4 is 15.9 Å². The van der Waals surface area contributed by atoms with Crippen LogP contribution in [0.5, 0.6) is 0 Å². The van der Waals surface area contributed by atoms with E-state index in [0.717, 1.165) is 10.2 Å². The highest BCUT2D eigenvalue weighted by atomic mass is 79.9. The molecule has 0 saturated heterocycles. The van der Waals surface area contributed by atoms with Crippen LogP contribution in [0.4, 0.5) is 0 Å². The first-order valence-electron chi connectivity index (χ1n) is 8.77. The normalized spacial score (nSPS) is 18.3. The number of rotatable bonds is 0. The SMILES string of the molecule is Brc1cccc2c1-c1ccccc1C21c2ccccc2-c2cccnc21. The number of benzene rings is 3. The lowest BCUT2D eigenvalue weighted by molar-refractivity contribution is 0.760. The van der Waals surface area contributed by atoms with Gasteiger partial charge in [0.15, 0.2) is 0 Å². The summed E-state index contributed by atoms with van der Waals surface area (Å²) in [7, 11) is 0. The maximum absolute atomic E-state index is 4.92. The molecule has 1 heterocycles. The fourth-order valence-corrected chi connectivity index (χ4v) is 5.50. The maximum atomic E-state index is 4.92. The number of nitrogens with zero attached hydrogens (tertiary/aromatic N) is 1. The van der Waals surface area contributed by atoms with Crippen LogP contribution in [0, 0.1) is 0 Å². The molecule has 2 aliphatic carbocycles. The topological polar surface area (TPSA) is 12.9 Å². The number of halogens is 1. The van der Waals surface area contributed by atoms with Crippen LogP contribution >= 0.6 is 15.9 Å². The summed E-state index contributed by atoms with van der Waals surface area (Å²) in [5, 5.41) is 0. The van der Waals surface area contributed by atoms with Gasteiger partial charge in [-0.2, -0.15) is 0 Å². The first-order valence-corrected chi connectivity index (χ1v) is 9.57. The predicted molar refractivity (Wildman–Crippen MR) is 108 cm³/mol. The molecule has 1 aromatic heterocycles. The zero-order valence-corrected chi connectivity index (χ0v) is 15.5.